The Balaban J connectivity index is 1.70. The lowest BCUT2D eigenvalue weighted by Gasteiger charge is -2.11. The van der Waals surface area contributed by atoms with Crippen molar-refractivity contribution in [1.29, 1.82) is 0 Å². The van der Waals surface area contributed by atoms with Crippen LogP contribution in [0.5, 0.6) is 11.6 Å². The summed E-state index contributed by atoms with van der Waals surface area (Å²) in [6.07, 6.45) is 1.90. The summed E-state index contributed by atoms with van der Waals surface area (Å²) < 4.78 is 5.64. The molecule has 0 spiro atoms. The van der Waals surface area contributed by atoms with Gasteiger partial charge in [-0.25, -0.2) is 15.0 Å². The highest BCUT2D eigenvalue weighted by atomic mass is 35.5. The highest BCUT2D eigenvalue weighted by molar-refractivity contribution is 6.37. The van der Waals surface area contributed by atoms with Crippen molar-refractivity contribution in [1.82, 2.24) is 25.4 Å². The molecule has 3 aromatic rings. The minimum Gasteiger partial charge on any atom is -0.434 e. The van der Waals surface area contributed by atoms with Gasteiger partial charge in [0.25, 0.3) is 11.1 Å². The molecule has 27 heavy (non-hydrogen) atoms. The van der Waals surface area contributed by atoms with Crippen LogP contribution in [0, 0.1) is 0 Å². The van der Waals surface area contributed by atoms with Crippen molar-refractivity contribution in [3.05, 3.63) is 65.0 Å². The number of H-pyrrole nitrogens is 3. The fourth-order valence-electron chi connectivity index (χ4n) is 2.59. The minimum atomic E-state index is -0.725. The summed E-state index contributed by atoms with van der Waals surface area (Å²) in [7, 11) is 0. The molecule has 0 radical (unpaired) electrons. The Morgan fingerprint density at radius 3 is 2.30 bits per heavy atom. The number of rotatable bonds is 4. The van der Waals surface area contributed by atoms with Crippen LogP contribution in [0.2, 0.25) is 10.0 Å². The molecule has 0 aliphatic heterocycles. The molecule has 1 fully saturated rings. The van der Waals surface area contributed by atoms with Crippen LogP contribution in [0.15, 0.2) is 32.6 Å². The van der Waals surface area contributed by atoms with Crippen LogP contribution in [-0.2, 0) is 0 Å². The van der Waals surface area contributed by atoms with E-state index >= 15 is 0 Å². The van der Waals surface area contributed by atoms with Gasteiger partial charge in [0.05, 0.1) is 10.0 Å². The second-order valence-corrected chi connectivity index (χ2v) is 6.81. The van der Waals surface area contributed by atoms with Gasteiger partial charge in [0, 0.05) is 17.2 Å². The summed E-state index contributed by atoms with van der Waals surface area (Å²) >= 11 is 12.5. The van der Waals surface area contributed by atoms with Crippen molar-refractivity contribution in [2.75, 3.05) is 0 Å². The van der Waals surface area contributed by atoms with E-state index in [9.17, 15) is 14.4 Å². The van der Waals surface area contributed by atoms with E-state index in [-0.39, 0.29) is 38.8 Å². The van der Waals surface area contributed by atoms with Crippen LogP contribution in [0.4, 0.5) is 0 Å². The second kappa shape index (κ2) is 6.67. The average molecular weight is 408 g/mol. The SMILES string of the molecule is O=c1[nH]nc(-c2cc(Cl)c(Oc3cc(C4CC4)c(=O)[nH]n3)c(Cl)c2)c(=O)[nH]1. The van der Waals surface area contributed by atoms with Crippen LogP contribution in [0.1, 0.15) is 24.3 Å². The molecule has 2 heterocycles. The Hall–Kier alpha value is -2.91. The number of ether oxygens (including phenoxy) is 1. The number of nitrogens with zero attached hydrogens (tertiary/aromatic N) is 2. The first-order valence-electron chi connectivity index (χ1n) is 7.88. The normalized spacial score (nSPS) is 13.6. The van der Waals surface area contributed by atoms with Crippen LogP contribution in [0.25, 0.3) is 11.3 Å². The molecule has 1 aliphatic carbocycles. The number of hydrogen-bond donors (Lipinski definition) is 3. The molecule has 1 aromatic carbocycles. The van der Waals surface area contributed by atoms with Gasteiger partial charge in [-0.15, -0.1) is 5.10 Å². The monoisotopic (exact) mass is 407 g/mol. The third-order valence-electron chi connectivity index (χ3n) is 4.02. The van der Waals surface area contributed by atoms with Gasteiger partial charge in [0.2, 0.25) is 5.88 Å². The molecule has 1 aliphatic rings. The fraction of sp³-hybridized carbons (Fsp3) is 0.188. The Kier molecular flexibility index (Phi) is 4.33. The lowest BCUT2D eigenvalue weighted by atomic mass is 10.1. The first kappa shape index (κ1) is 17.5. The van der Waals surface area contributed by atoms with E-state index in [0.717, 1.165) is 12.8 Å². The molecule has 0 bridgehead atoms. The van der Waals surface area contributed by atoms with Gasteiger partial charge in [-0.3, -0.25) is 14.6 Å². The number of aromatic nitrogens is 5. The van der Waals surface area contributed by atoms with Crippen molar-refractivity contribution in [3.8, 4) is 22.9 Å². The quantitative estimate of drug-likeness (QED) is 0.606. The van der Waals surface area contributed by atoms with E-state index in [1.165, 1.54) is 12.1 Å². The third-order valence-corrected chi connectivity index (χ3v) is 4.58. The molecule has 0 saturated heterocycles. The molecule has 3 N–H and O–H groups in total. The molecule has 138 valence electrons. The molecular formula is C16H11Cl2N5O4. The second-order valence-electron chi connectivity index (χ2n) is 5.99. The molecule has 1 saturated carbocycles. The van der Waals surface area contributed by atoms with Crippen LogP contribution < -0.4 is 21.5 Å². The van der Waals surface area contributed by atoms with Gasteiger partial charge < -0.3 is 4.74 Å². The molecule has 0 amide bonds. The van der Waals surface area contributed by atoms with Crippen molar-refractivity contribution < 1.29 is 4.74 Å². The van der Waals surface area contributed by atoms with Crippen LogP contribution >= 0.6 is 23.2 Å². The predicted molar refractivity (Wildman–Crippen MR) is 97.8 cm³/mol. The lowest BCUT2D eigenvalue weighted by molar-refractivity contribution is 0.453. The molecule has 0 atom stereocenters. The molecule has 9 nitrogen and oxygen atoms in total. The van der Waals surface area contributed by atoms with E-state index in [1.807, 2.05) is 0 Å². The van der Waals surface area contributed by atoms with E-state index < -0.39 is 11.2 Å². The smallest absolute Gasteiger partial charge is 0.342 e. The molecule has 4 rings (SSSR count). The number of nitrogens with one attached hydrogen (secondary N) is 3. The van der Waals surface area contributed by atoms with Crippen molar-refractivity contribution in [2.24, 2.45) is 0 Å². The zero-order chi connectivity index (χ0) is 19.1. The maximum absolute atomic E-state index is 11.9. The Morgan fingerprint density at radius 1 is 0.963 bits per heavy atom. The first-order chi connectivity index (χ1) is 12.9. The number of halogens is 2. The third kappa shape index (κ3) is 3.51. The van der Waals surface area contributed by atoms with Gasteiger partial charge in [0.15, 0.2) is 11.4 Å². The summed E-state index contributed by atoms with van der Waals surface area (Å²) in [6.45, 7) is 0. The number of aromatic amines is 3. The maximum atomic E-state index is 11.9. The highest BCUT2D eigenvalue weighted by Gasteiger charge is 2.27. The molecule has 11 heteroatoms. The van der Waals surface area contributed by atoms with Crippen LogP contribution in [-0.4, -0.2) is 25.4 Å². The maximum Gasteiger partial charge on any atom is 0.342 e. The topological polar surface area (TPSA) is 134 Å². The van der Waals surface area contributed by atoms with E-state index in [0.29, 0.717) is 11.1 Å². The zero-order valence-electron chi connectivity index (χ0n) is 13.5. The zero-order valence-corrected chi connectivity index (χ0v) is 15.0. The largest absolute Gasteiger partial charge is 0.434 e. The first-order valence-corrected chi connectivity index (χ1v) is 8.64. The summed E-state index contributed by atoms with van der Waals surface area (Å²) in [4.78, 5) is 36.8. The summed E-state index contributed by atoms with van der Waals surface area (Å²) in [5.74, 6) is 0.475. The van der Waals surface area contributed by atoms with Crippen molar-refractivity contribution in [2.45, 2.75) is 18.8 Å². The van der Waals surface area contributed by atoms with Gasteiger partial charge in [-0.2, -0.15) is 5.10 Å². The van der Waals surface area contributed by atoms with Gasteiger partial charge >= 0.3 is 5.69 Å². The standard InChI is InChI=1S/C16H11Cl2N5O4/c17-9-3-7(12-15(25)19-16(26)23-21-12)4-10(18)13(9)27-11-5-8(6-1-2-6)14(24)22-20-11/h3-6H,1-2H2,(H,22,24)(H2,19,23,25,26). The average Bonchev–Trinajstić information content (AvgIpc) is 3.44. The van der Waals surface area contributed by atoms with Gasteiger partial charge in [-0.1, -0.05) is 23.2 Å². The Labute approximate surface area is 160 Å². The van der Waals surface area contributed by atoms with E-state index in [2.05, 4.69) is 25.4 Å². The van der Waals surface area contributed by atoms with Gasteiger partial charge in [0.1, 0.15) is 0 Å². The Bertz CT molecular complexity index is 1190. The number of hydrogen-bond acceptors (Lipinski definition) is 6. The summed E-state index contributed by atoms with van der Waals surface area (Å²) in [5, 5.41) is 12.3. The van der Waals surface area contributed by atoms with E-state index in [1.54, 1.807) is 6.07 Å². The summed E-state index contributed by atoms with van der Waals surface area (Å²) in [6, 6.07) is 4.41. The molecule has 2 aromatic heterocycles. The predicted octanol–water partition coefficient (Wildman–Crippen LogP) is 2.18. The van der Waals surface area contributed by atoms with Crippen molar-refractivity contribution >= 4 is 23.2 Å². The van der Waals surface area contributed by atoms with Crippen LogP contribution in [0.3, 0.4) is 0 Å². The minimum absolute atomic E-state index is 0.0527. The fourth-order valence-corrected chi connectivity index (χ4v) is 3.16. The van der Waals surface area contributed by atoms with Gasteiger partial charge in [-0.05, 0) is 30.9 Å². The lowest BCUT2D eigenvalue weighted by Crippen LogP contribution is -2.25. The van der Waals surface area contributed by atoms with E-state index in [4.69, 9.17) is 27.9 Å². The van der Waals surface area contributed by atoms with Crippen molar-refractivity contribution in [3.63, 3.8) is 0 Å². The number of benzene rings is 1. The molecule has 0 unspecified atom stereocenters. The molecular weight excluding hydrogens is 397 g/mol. The Morgan fingerprint density at radius 2 is 1.67 bits per heavy atom. The highest BCUT2D eigenvalue weighted by Crippen LogP contribution is 2.41. The summed E-state index contributed by atoms with van der Waals surface area (Å²) in [5.41, 5.74) is -0.813.